The van der Waals surface area contributed by atoms with Crippen molar-refractivity contribution < 1.29 is 4.79 Å². The summed E-state index contributed by atoms with van der Waals surface area (Å²) in [5, 5.41) is 0. The van der Waals surface area contributed by atoms with Gasteiger partial charge in [-0.2, -0.15) is 0 Å². The predicted molar refractivity (Wildman–Crippen MR) is 119 cm³/mol. The molecule has 0 unspecified atom stereocenters. The Morgan fingerprint density at radius 1 is 0.821 bits per heavy atom. The average molecular weight is 365 g/mol. The van der Waals surface area contributed by atoms with Crippen LogP contribution in [0.1, 0.15) is 46.5 Å². The monoisotopic (exact) mass is 365 g/mol. The second-order valence-electron chi connectivity index (χ2n) is 7.59. The number of anilines is 3. The van der Waals surface area contributed by atoms with E-state index in [9.17, 15) is 4.79 Å². The van der Waals surface area contributed by atoms with E-state index < -0.39 is 0 Å². The first-order chi connectivity index (χ1) is 13.5. The Kier molecular flexibility index (Phi) is 4.27. The summed E-state index contributed by atoms with van der Waals surface area (Å²) in [7, 11) is 0. The molecular weight excluding hydrogens is 342 g/mol. The van der Waals surface area contributed by atoms with Gasteiger partial charge in [0.05, 0.1) is 11.4 Å². The second kappa shape index (κ2) is 6.65. The highest BCUT2D eigenvalue weighted by Crippen LogP contribution is 2.51. The fraction of sp³-hybridized carbons (Fsp3) is 0.115. The maximum absolute atomic E-state index is 11.4. The van der Waals surface area contributed by atoms with Gasteiger partial charge in [0.2, 0.25) is 0 Å². The summed E-state index contributed by atoms with van der Waals surface area (Å²) < 4.78 is 0. The van der Waals surface area contributed by atoms with Crippen LogP contribution in [0, 0.1) is 0 Å². The molecule has 1 aliphatic rings. The largest absolute Gasteiger partial charge is 0.310 e. The van der Waals surface area contributed by atoms with Gasteiger partial charge in [-0.05, 0) is 58.7 Å². The molecule has 1 aliphatic heterocycles. The van der Waals surface area contributed by atoms with E-state index in [-0.39, 0.29) is 5.41 Å². The maximum Gasteiger partial charge on any atom is 0.150 e. The summed E-state index contributed by atoms with van der Waals surface area (Å²) in [6, 6.07) is 20.7. The van der Waals surface area contributed by atoms with Crippen LogP contribution in [-0.4, -0.2) is 6.29 Å². The molecule has 0 N–H and O–H groups in total. The predicted octanol–water partition coefficient (Wildman–Crippen LogP) is 6.89. The van der Waals surface area contributed by atoms with Crippen molar-refractivity contribution in [3.05, 3.63) is 102 Å². The van der Waals surface area contributed by atoms with Gasteiger partial charge in [0, 0.05) is 16.7 Å². The molecule has 4 rings (SSSR count). The molecule has 0 saturated carbocycles. The average Bonchev–Trinajstić information content (AvgIpc) is 2.73. The molecule has 3 aromatic carbocycles. The highest BCUT2D eigenvalue weighted by atomic mass is 16.1. The number of benzene rings is 3. The van der Waals surface area contributed by atoms with Crippen molar-refractivity contribution in [2.75, 3.05) is 4.90 Å². The summed E-state index contributed by atoms with van der Waals surface area (Å²) in [4.78, 5) is 13.7. The zero-order chi connectivity index (χ0) is 19.9. The molecule has 3 aromatic rings. The minimum atomic E-state index is -0.205. The number of aldehydes is 1. The number of hydrogen-bond acceptors (Lipinski definition) is 2. The third-order valence-electron chi connectivity index (χ3n) is 5.66. The Hall–Kier alpha value is -3.39. The molecule has 0 fully saturated rings. The molecule has 2 nitrogen and oxygen atoms in total. The van der Waals surface area contributed by atoms with Crippen LogP contribution in [0.15, 0.2) is 73.8 Å². The van der Waals surface area contributed by atoms with E-state index in [4.69, 9.17) is 0 Å². The van der Waals surface area contributed by atoms with Gasteiger partial charge in [-0.15, -0.1) is 0 Å². The van der Waals surface area contributed by atoms with Gasteiger partial charge in [0.1, 0.15) is 6.29 Å². The highest BCUT2D eigenvalue weighted by molar-refractivity contribution is 5.89. The summed E-state index contributed by atoms with van der Waals surface area (Å²) >= 11 is 0. The number of carbonyl (C=O) groups is 1. The maximum atomic E-state index is 11.4. The van der Waals surface area contributed by atoms with Crippen molar-refractivity contribution in [2.24, 2.45) is 0 Å². The Balaban J connectivity index is 2.03. The van der Waals surface area contributed by atoms with E-state index >= 15 is 0 Å². The molecule has 0 saturated heterocycles. The van der Waals surface area contributed by atoms with Gasteiger partial charge in [-0.1, -0.05) is 63.4 Å². The van der Waals surface area contributed by atoms with Crippen molar-refractivity contribution in [1.29, 1.82) is 0 Å². The molecule has 2 heteroatoms. The third-order valence-corrected chi connectivity index (χ3v) is 5.66. The summed E-state index contributed by atoms with van der Waals surface area (Å²) in [5.74, 6) is 0. The molecule has 1 heterocycles. The smallest absolute Gasteiger partial charge is 0.150 e. The topological polar surface area (TPSA) is 20.3 Å². The number of rotatable bonds is 4. The Morgan fingerprint density at radius 2 is 1.54 bits per heavy atom. The van der Waals surface area contributed by atoms with Gasteiger partial charge in [-0.25, -0.2) is 0 Å². The number of nitrogens with zero attached hydrogens (tertiary/aromatic N) is 1. The molecule has 0 bridgehead atoms. The van der Waals surface area contributed by atoms with Crippen molar-refractivity contribution in [1.82, 2.24) is 0 Å². The van der Waals surface area contributed by atoms with Crippen molar-refractivity contribution >= 4 is 35.5 Å². The molecule has 0 amide bonds. The van der Waals surface area contributed by atoms with Crippen LogP contribution in [-0.2, 0) is 5.41 Å². The van der Waals surface area contributed by atoms with Gasteiger partial charge in [0.25, 0.3) is 0 Å². The first-order valence-electron chi connectivity index (χ1n) is 9.39. The van der Waals surface area contributed by atoms with Crippen LogP contribution in [0.3, 0.4) is 0 Å². The van der Waals surface area contributed by atoms with Crippen LogP contribution in [0.4, 0.5) is 17.1 Å². The third kappa shape index (κ3) is 2.61. The lowest BCUT2D eigenvalue weighted by Gasteiger charge is -2.42. The van der Waals surface area contributed by atoms with E-state index in [0.717, 1.165) is 40.0 Å². The summed E-state index contributed by atoms with van der Waals surface area (Å²) in [6.07, 6.45) is 4.62. The number of fused-ring (bicyclic) bond motifs is 2. The fourth-order valence-electron chi connectivity index (χ4n) is 4.14. The normalized spacial score (nSPS) is 14.0. The molecule has 0 radical (unpaired) electrons. The van der Waals surface area contributed by atoms with Gasteiger partial charge < -0.3 is 4.90 Å². The van der Waals surface area contributed by atoms with Crippen molar-refractivity contribution in [3.63, 3.8) is 0 Å². The van der Waals surface area contributed by atoms with Crippen LogP contribution in [0.2, 0.25) is 0 Å². The van der Waals surface area contributed by atoms with Crippen molar-refractivity contribution in [3.8, 4) is 0 Å². The standard InChI is InChI=1S/C26H23NO/c1-5-19-12-13-21(16-20(19)6-2)27-24-10-8-7-9-22(24)26(3,4)23-15-18(17-28)11-14-25(23)27/h5-17H,1-2H2,3-4H3. The molecule has 28 heavy (non-hydrogen) atoms. The van der Waals surface area contributed by atoms with E-state index in [0.29, 0.717) is 5.56 Å². The first-order valence-corrected chi connectivity index (χ1v) is 9.39. The number of carbonyl (C=O) groups excluding carboxylic acids is 1. The Bertz CT molecular complexity index is 1110. The molecule has 138 valence electrons. The lowest BCUT2D eigenvalue weighted by atomic mass is 9.73. The minimum absolute atomic E-state index is 0.205. The van der Waals surface area contributed by atoms with Gasteiger partial charge in [-0.3, -0.25) is 4.79 Å². The highest BCUT2D eigenvalue weighted by Gasteiger charge is 2.36. The molecule has 0 atom stereocenters. The van der Waals surface area contributed by atoms with Gasteiger partial charge >= 0.3 is 0 Å². The fourth-order valence-corrected chi connectivity index (χ4v) is 4.14. The summed E-state index contributed by atoms with van der Waals surface area (Å²) in [5.41, 5.74) is 8.27. The minimum Gasteiger partial charge on any atom is -0.310 e. The van der Waals surface area contributed by atoms with E-state index in [1.165, 1.54) is 5.56 Å². The van der Waals surface area contributed by atoms with E-state index in [2.05, 4.69) is 74.4 Å². The molecule has 0 spiro atoms. The zero-order valence-electron chi connectivity index (χ0n) is 16.3. The van der Waals surface area contributed by atoms with Gasteiger partial charge in [0.15, 0.2) is 0 Å². The lowest BCUT2D eigenvalue weighted by Crippen LogP contribution is -2.30. The van der Waals surface area contributed by atoms with Crippen molar-refractivity contribution in [2.45, 2.75) is 19.3 Å². The zero-order valence-corrected chi connectivity index (χ0v) is 16.3. The Morgan fingerprint density at radius 3 is 2.25 bits per heavy atom. The van der Waals surface area contributed by atoms with E-state index in [1.54, 1.807) is 0 Å². The van der Waals surface area contributed by atoms with Crippen LogP contribution in [0.25, 0.3) is 12.2 Å². The molecule has 0 aromatic heterocycles. The van der Waals surface area contributed by atoms with Crippen LogP contribution in [0.5, 0.6) is 0 Å². The second-order valence-corrected chi connectivity index (χ2v) is 7.59. The number of hydrogen-bond donors (Lipinski definition) is 0. The quantitative estimate of drug-likeness (QED) is 0.469. The number of para-hydroxylation sites is 1. The SMILES string of the molecule is C=Cc1ccc(N2c3ccccc3C(C)(C)c3cc(C=O)ccc32)cc1C=C. The van der Waals surface area contributed by atoms with E-state index in [1.807, 2.05) is 30.4 Å². The van der Waals surface area contributed by atoms with Crippen LogP contribution < -0.4 is 4.90 Å². The first kappa shape index (κ1) is 18.0. The van der Waals surface area contributed by atoms with Crippen LogP contribution >= 0.6 is 0 Å². The molecule has 0 aliphatic carbocycles. The summed E-state index contributed by atoms with van der Waals surface area (Å²) in [6.45, 7) is 12.3. The Labute approximate surface area is 166 Å². The molecular formula is C26H23NO. The lowest BCUT2D eigenvalue weighted by molar-refractivity contribution is 0.112.